The minimum atomic E-state index is -2.28. The zero-order valence-electron chi connectivity index (χ0n) is 46.8. The van der Waals surface area contributed by atoms with E-state index < -0.39 is 62.5 Å². The summed E-state index contributed by atoms with van der Waals surface area (Å²) in [6.45, 7) is 14.2. The van der Waals surface area contributed by atoms with E-state index in [0.29, 0.717) is 32.7 Å². The minimum Gasteiger partial charge on any atom is -0.520 e. The molecule has 0 saturated carbocycles. The third-order valence-corrected chi connectivity index (χ3v) is 9.05. The molecule has 0 aliphatic heterocycles. The molecule has 43 heteroatoms. The molecular weight excluding hydrogens is 3440 g/mol. The quantitative estimate of drug-likeness (QED) is 0.00837. The van der Waals surface area contributed by atoms with Crippen molar-refractivity contribution in [3.05, 3.63) is 13.8 Å². The Hall–Kier alpha value is -11.1. The zero-order valence-corrected chi connectivity index (χ0v) is 108. The van der Waals surface area contributed by atoms with Crippen LogP contribution in [0.4, 0.5) is 0 Å². The number of alkyl halides is 1. The van der Waals surface area contributed by atoms with E-state index in [2.05, 4.69) is 13.8 Å². The van der Waals surface area contributed by atoms with Crippen LogP contribution in [0.1, 0.15) is 33.6 Å². The van der Waals surface area contributed by atoms with Gasteiger partial charge >= 0.3 is 0 Å². The average Bonchev–Trinajstić information content (AvgIpc) is 3.32. The van der Waals surface area contributed by atoms with Gasteiger partial charge in [-0.2, -0.15) is 19.2 Å². The summed E-state index contributed by atoms with van der Waals surface area (Å²) >= 11 is 5.30. The van der Waals surface area contributed by atoms with Crippen LogP contribution >= 0.6 is 11.6 Å². The van der Waals surface area contributed by atoms with Gasteiger partial charge in [-0.1, -0.05) is 27.4 Å². The molecule has 0 heterocycles. The number of likely N-dealkylation sites (N-methyl/N-ethyl adjacent to an activating group) is 3. The molecule has 2 atom stereocenters. The second kappa shape index (κ2) is 99.2. The number of rotatable bonds is 29. The Morgan fingerprint density at radius 1 is 0.513 bits per heavy atom. The van der Waals surface area contributed by atoms with E-state index in [9.17, 15) is 48.1 Å². The van der Waals surface area contributed by atoms with Crippen molar-refractivity contribution in [2.45, 2.75) is 45.8 Å². The fourth-order valence-electron chi connectivity index (χ4n) is 2.43. The van der Waals surface area contributed by atoms with Crippen LogP contribution in [0, 0.1) is 13.8 Å². The molecule has 0 bridgehead atoms. The van der Waals surface area contributed by atoms with Crippen molar-refractivity contribution in [2.75, 3.05) is 153 Å². The first-order valence-electron chi connectivity index (χ1n) is 19.9. The van der Waals surface area contributed by atoms with Crippen molar-refractivity contribution in [1.29, 1.82) is 0 Å². The Morgan fingerprint density at radius 3 is 1.04 bits per heavy atom. The third-order valence-electron chi connectivity index (χ3n) is 5.90. The van der Waals surface area contributed by atoms with Crippen LogP contribution < -0.4 is 0 Å². The van der Waals surface area contributed by atoms with E-state index in [1.54, 1.807) is 12.8 Å². The van der Waals surface area contributed by atoms with Gasteiger partial charge in [0.2, 0.25) is 0 Å². The molecule has 2 unspecified atom stereocenters. The molecule has 0 aromatic carbocycles. The molecule has 0 saturated heterocycles. The standard InChI is InChI=1S/C6H13ClNO4S.C6H12NO2.C5H12NO3S.C5H10NO2.C3H8NO3S.C3H6NO2.C3H7O2.C2H6NO3S.C2H5O.9Rf/c1-8(13(10)11)2-3-12-5-6(9)4-7;1-2-3-7(6-9)4-5-8;1-2-3-6(4-5-7)10(8)9;1-2-6(5-8)3-4-7;1-4(2-3-5)8(6)7;1-4(2-5)3-6;1-3(5)2-4;1-3(2-4)7(5)6;1-2-3;;;;;;;;;/h6,9H,2-5H2,1H3;8H,2-5H2,1H3;7H,2-5H2,1H3;7H,2-4H2,1H3;5H,2-3H2,1H3;5H,2H2,1H3;3-5H,1-2H2;4H,2H2,1H3;3H,1-2H2;;;;;;;;;/q9*-1;;;;;;;;;. The van der Waals surface area contributed by atoms with Crippen LogP contribution in [-0.2, 0) is 96.4 Å². The van der Waals surface area contributed by atoms with E-state index >= 15 is 0 Å². The minimum absolute atomic E-state index is 0. The van der Waals surface area contributed by atoms with Gasteiger partial charge in [-0.25, -0.2) is 0 Å². The van der Waals surface area contributed by atoms with Gasteiger partial charge in [0.25, 0.3) is 0 Å². The molecule has 78 heavy (non-hydrogen) atoms. The van der Waals surface area contributed by atoms with Gasteiger partial charge in [0, 0.05) is 39.3 Å². The first-order valence-corrected chi connectivity index (χ1v) is 24.6. The molecule has 0 spiro atoms. The van der Waals surface area contributed by atoms with Crippen LogP contribution in [0.2, 0.25) is 0 Å². The first-order chi connectivity index (χ1) is 32.3. The van der Waals surface area contributed by atoms with E-state index in [1.165, 1.54) is 48.7 Å². The fourth-order valence-corrected chi connectivity index (χ4v) is 3.63. The maximum Gasteiger partial charge on any atom is 0.0908 e. The maximum atomic E-state index is 10.3. The molecule has 0 aliphatic carbocycles. The summed E-state index contributed by atoms with van der Waals surface area (Å²) in [5.41, 5.74) is 0. The maximum absolute atomic E-state index is 10.3. The van der Waals surface area contributed by atoms with Crippen molar-refractivity contribution < 1.29 is 104 Å². The number of amides is 3. The summed E-state index contributed by atoms with van der Waals surface area (Å²) < 4.78 is 89.4. The Kier molecular flexibility index (Phi) is 155. The molecule has 0 aromatic rings. The number of aliphatic hydroxyl groups is 10. The summed E-state index contributed by atoms with van der Waals surface area (Å²) in [6, 6.07) is 0. The average molecular weight is 3520 g/mol. The molecule has 0 aromatic heterocycles. The van der Waals surface area contributed by atoms with Crippen LogP contribution in [0.25, 0.3) is 0 Å². The van der Waals surface area contributed by atoms with Crippen LogP contribution in [0.5, 0.6) is 0 Å². The predicted octanol–water partition coefficient (Wildman–Crippen LogP) is -5.05. The second-order valence-electron chi connectivity index (χ2n) is 11.8. The van der Waals surface area contributed by atoms with Crippen molar-refractivity contribution >= 4 is 74.4 Å². The number of ether oxygens (including phenoxy) is 1. The van der Waals surface area contributed by atoms with Gasteiger partial charge in [0.1, 0.15) is 0 Å². The molecule has 0 fully saturated rings. The van der Waals surface area contributed by atoms with Crippen molar-refractivity contribution in [3.63, 3.8) is 0 Å². The summed E-state index contributed by atoms with van der Waals surface area (Å²) in [5, 5.41) is 81.5. The third kappa shape index (κ3) is 126. The normalized spacial score (nSPS) is 9.59. The molecule has 29 nitrogen and oxygen atoms in total. The monoisotopic (exact) mass is 3520 g/mol. The van der Waals surface area contributed by atoms with E-state index in [4.69, 9.17) is 67.4 Å². The number of hydrogen-bond acceptors (Lipinski definition) is 26. The molecule has 10 N–H and O–H groups in total. The SMILES string of the molecule is CCCN(CCO)[S-](=O)=O.CCCN([C-]=O)CCO.CCN([C-]=O)CCO.CN(CCO)[S-](=O)=O.CN(CCOCC(O)CCl)[S-](=O)=O.CN(CO)[S-](=O)=O.CN([C-]=O)CO.[CH2-]C(O)CO.[CH2-]CO.[Rf].[Rf].[Rf].[Rf].[Rf].[Rf].[Rf].[Rf].[Rf]. The Labute approximate surface area is 421 Å². The van der Waals surface area contributed by atoms with E-state index in [0.717, 1.165) is 30.7 Å². The van der Waals surface area contributed by atoms with Crippen LogP contribution in [-0.4, -0.2) is 267 Å². The number of hydrogen-bond donors (Lipinski definition) is 10. The number of halogens is 1. The number of aliphatic hydroxyl groups excluding tert-OH is 10. The van der Waals surface area contributed by atoms with E-state index in [1.807, 2.05) is 20.8 Å². The summed E-state index contributed by atoms with van der Waals surface area (Å²) in [6.07, 6.45) is 5.03. The number of carbonyl (C=O) groups excluding carboxylic acids is 3. The van der Waals surface area contributed by atoms with Gasteiger partial charge in [0.05, 0.1) is 65.1 Å². The van der Waals surface area contributed by atoms with Crippen molar-refractivity contribution in [2.24, 2.45) is 0 Å². The Morgan fingerprint density at radius 2 is 0.859 bits per heavy atom. The van der Waals surface area contributed by atoms with Crippen molar-refractivity contribution in [1.82, 2.24) is 31.9 Å². The summed E-state index contributed by atoms with van der Waals surface area (Å²) in [5.74, 6) is 0.114. The van der Waals surface area contributed by atoms with Gasteiger partial charge in [-0.3, -0.25) is 0 Å². The number of nitrogens with zero attached hydrogens (tertiary/aromatic N) is 7. The fraction of sp³-hybridized carbons (Fsp3) is 0.857. The zero-order chi connectivity index (χ0) is 56.2. The van der Waals surface area contributed by atoms with E-state index in [-0.39, 0.29) is 85.1 Å². The molecule has 0 radical (unpaired) electrons. The first kappa shape index (κ1) is 122. The predicted molar refractivity (Wildman–Crippen MR) is 255 cm³/mol. The Bertz CT molecular complexity index is 1360. The van der Waals surface area contributed by atoms with Crippen LogP contribution in [0.3, 0.4) is 0 Å². The Balaban J connectivity index is -0.0000000326. The summed E-state index contributed by atoms with van der Waals surface area (Å²) in [7, 11) is -3.33. The topological polar surface area (TPSA) is 422 Å². The van der Waals surface area contributed by atoms with Gasteiger partial charge in [-0.15, -0.1) is 11.6 Å². The molecule has 3 amide bonds. The second-order valence-corrected chi connectivity index (χ2v) is 16.2. The van der Waals surface area contributed by atoms with Crippen molar-refractivity contribution in [3.8, 4) is 0 Å². The smallest absolute Gasteiger partial charge is 0.0908 e. The molecular formula is C35H79ClN7O22Rf9S4-9. The molecule has 0 rings (SSSR count). The van der Waals surface area contributed by atoms with Gasteiger partial charge < -0.3 is 150 Å². The van der Waals surface area contributed by atoms with Gasteiger partial charge in [0.15, 0.2) is 0 Å². The van der Waals surface area contributed by atoms with Gasteiger partial charge in [-0.05, 0) is 110 Å². The molecule has 0 aliphatic rings. The largest absolute Gasteiger partial charge is 0.520 e. The van der Waals surface area contributed by atoms with Crippen LogP contribution in [0.15, 0.2) is 0 Å². The summed E-state index contributed by atoms with van der Waals surface area (Å²) in [4.78, 5) is 33.0. The molecule has 444 valence electrons.